The van der Waals surface area contributed by atoms with Crippen LogP contribution in [-0.4, -0.2) is 29.0 Å². The zero-order chi connectivity index (χ0) is 24.1. The molecule has 0 bridgehead atoms. The predicted molar refractivity (Wildman–Crippen MR) is 126 cm³/mol. The van der Waals surface area contributed by atoms with Gasteiger partial charge in [-0.3, -0.25) is 9.78 Å². The summed E-state index contributed by atoms with van der Waals surface area (Å²) in [4.78, 5) is 18.6. The number of carbonyl (C=O) groups excluding carboxylic acids is 1. The molecule has 0 spiro atoms. The van der Waals surface area contributed by atoms with Crippen molar-refractivity contribution in [1.29, 1.82) is 0 Å². The highest BCUT2D eigenvalue weighted by Gasteiger charge is 2.29. The van der Waals surface area contributed by atoms with Gasteiger partial charge in [0.2, 0.25) is 11.7 Å². The minimum atomic E-state index is -4.16. The molecule has 0 saturated heterocycles. The third-order valence-corrected chi connectivity index (χ3v) is 7.23. The highest BCUT2D eigenvalue weighted by atomic mass is 32.2. The molecule has 7 nitrogen and oxygen atoms in total. The fourth-order valence-electron chi connectivity index (χ4n) is 3.99. The summed E-state index contributed by atoms with van der Waals surface area (Å²) in [6.45, 7) is 9.50. The highest BCUT2D eigenvalue weighted by Crippen LogP contribution is 2.33. The maximum atomic E-state index is 13.8. The van der Waals surface area contributed by atoms with Gasteiger partial charge in [0.15, 0.2) is 0 Å². The molecule has 4 aromatic rings. The van der Waals surface area contributed by atoms with Gasteiger partial charge >= 0.3 is 10.1 Å². The van der Waals surface area contributed by atoms with Gasteiger partial charge in [-0.2, -0.15) is 13.5 Å². The Morgan fingerprint density at radius 1 is 0.909 bits per heavy atom. The molecule has 4 rings (SSSR count). The Labute approximate surface area is 193 Å². The number of aromatic nitrogens is 3. The van der Waals surface area contributed by atoms with Crippen molar-refractivity contribution in [3.8, 4) is 5.88 Å². The Morgan fingerprint density at radius 2 is 1.58 bits per heavy atom. The Morgan fingerprint density at radius 3 is 2.24 bits per heavy atom. The summed E-state index contributed by atoms with van der Waals surface area (Å²) in [7, 11) is -2.61. The van der Waals surface area contributed by atoms with Gasteiger partial charge in [0.1, 0.15) is 10.5 Å². The van der Waals surface area contributed by atoms with Gasteiger partial charge in [-0.05, 0) is 69.5 Å². The molecule has 0 N–H and O–H groups in total. The Hall–Kier alpha value is -3.52. The molecule has 2 heterocycles. The van der Waals surface area contributed by atoms with Crippen LogP contribution in [0.25, 0.3) is 10.9 Å². The van der Waals surface area contributed by atoms with Crippen molar-refractivity contribution >= 4 is 26.8 Å². The van der Waals surface area contributed by atoms with Gasteiger partial charge in [0, 0.05) is 23.7 Å². The molecule has 170 valence electrons. The van der Waals surface area contributed by atoms with Gasteiger partial charge in [-0.15, -0.1) is 0 Å². The third-order valence-electron chi connectivity index (χ3n) is 6.00. The Balaban J connectivity index is 1.91. The average molecular weight is 464 g/mol. The fraction of sp³-hybridized carbons (Fsp3) is 0.240. The molecule has 0 radical (unpaired) electrons. The van der Waals surface area contributed by atoms with Crippen LogP contribution in [-0.2, 0) is 17.2 Å². The average Bonchev–Trinajstić information content (AvgIpc) is 3.05. The van der Waals surface area contributed by atoms with Gasteiger partial charge in [-0.1, -0.05) is 24.3 Å². The molecule has 8 heteroatoms. The molecular formula is C25H25N3O4S. The number of carbonyl (C=O) groups is 1. The number of benzene rings is 2. The van der Waals surface area contributed by atoms with E-state index < -0.39 is 10.1 Å². The summed E-state index contributed by atoms with van der Waals surface area (Å²) in [5.74, 6) is -0.485. The maximum Gasteiger partial charge on any atom is 0.340 e. The zero-order valence-corrected chi connectivity index (χ0v) is 20.2. The summed E-state index contributed by atoms with van der Waals surface area (Å²) in [5, 5.41) is 5.03. The van der Waals surface area contributed by atoms with Crippen molar-refractivity contribution in [1.82, 2.24) is 14.8 Å². The van der Waals surface area contributed by atoms with E-state index in [0.29, 0.717) is 11.3 Å². The molecule has 0 saturated carbocycles. The normalized spacial score (nSPS) is 11.7. The third kappa shape index (κ3) is 3.80. The van der Waals surface area contributed by atoms with Crippen LogP contribution in [0.4, 0.5) is 0 Å². The second-order valence-corrected chi connectivity index (χ2v) is 9.72. The monoisotopic (exact) mass is 463 g/mol. The lowest BCUT2D eigenvalue weighted by Gasteiger charge is -2.15. The molecule has 33 heavy (non-hydrogen) atoms. The first-order valence-corrected chi connectivity index (χ1v) is 11.9. The van der Waals surface area contributed by atoms with Crippen molar-refractivity contribution in [3.63, 3.8) is 0 Å². The molecule has 0 fully saturated rings. The lowest BCUT2D eigenvalue weighted by atomic mass is 9.92. The van der Waals surface area contributed by atoms with Crippen LogP contribution < -0.4 is 4.18 Å². The van der Waals surface area contributed by atoms with Crippen molar-refractivity contribution in [2.24, 2.45) is 7.05 Å². The van der Waals surface area contributed by atoms with Crippen LogP contribution in [0, 0.1) is 34.6 Å². The van der Waals surface area contributed by atoms with E-state index in [1.807, 2.05) is 33.8 Å². The lowest BCUT2D eigenvalue weighted by molar-refractivity contribution is 0.103. The van der Waals surface area contributed by atoms with E-state index >= 15 is 0 Å². The first-order chi connectivity index (χ1) is 15.5. The SMILES string of the molecule is Cc1nc2c(C)ccc(C(=O)c3c(C)nn(C)c3OS(=O)(=O)c3ccccc3)c2c(C)c1C. The van der Waals surface area contributed by atoms with Crippen molar-refractivity contribution in [2.75, 3.05) is 0 Å². The summed E-state index contributed by atoms with van der Waals surface area (Å²) in [6, 6.07) is 11.4. The van der Waals surface area contributed by atoms with Crippen LogP contribution in [0.1, 0.15) is 44.0 Å². The second kappa shape index (κ2) is 8.12. The van der Waals surface area contributed by atoms with E-state index in [4.69, 9.17) is 9.17 Å². The lowest BCUT2D eigenvalue weighted by Crippen LogP contribution is -2.15. The smallest absolute Gasteiger partial charge is 0.340 e. The van der Waals surface area contributed by atoms with E-state index in [1.54, 1.807) is 38.2 Å². The van der Waals surface area contributed by atoms with Crippen LogP contribution in [0.5, 0.6) is 5.88 Å². The van der Waals surface area contributed by atoms with Crippen molar-refractivity contribution in [3.05, 3.63) is 81.7 Å². The number of pyridine rings is 1. The quantitative estimate of drug-likeness (QED) is 0.319. The predicted octanol–water partition coefficient (Wildman–Crippen LogP) is 4.51. The van der Waals surface area contributed by atoms with Gasteiger partial charge in [0.25, 0.3) is 0 Å². The summed E-state index contributed by atoms with van der Waals surface area (Å²) in [5.41, 5.74) is 5.51. The number of hydrogen-bond acceptors (Lipinski definition) is 6. The maximum absolute atomic E-state index is 13.8. The number of ketones is 1. The number of nitrogens with zero attached hydrogens (tertiary/aromatic N) is 3. The highest BCUT2D eigenvalue weighted by molar-refractivity contribution is 7.87. The molecule has 0 aliphatic carbocycles. The molecule has 0 aliphatic heterocycles. The molecule has 2 aromatic heterocycles. The largest absolute Gasteiger partial charge is 0.358 e. The van der Waals surface area contributed by atoms with E-state index in [-0.39, 0.29) is 22.1 Å². The van der Waals surface area contributed by atoms with Crippen LogP contribution in [0.15, 0.2) is 47.4 Å². The summed E-state index contributed by atoms with van der Waals surface area (Å²) < 4.78 is 32.5. The minimum Gasteiger partial charge on any atom is -0.358 e. The molecule has 0 amide bonds. The summed E-state index contributed by atoms with van der Waals surface area (Å²) >= 11 is 0. The Bertz CT molecular complexity index is 1520. The van der Waals surface area contributed by atoms with E-state index in [9.17, 15) is 13.2 Å². The number of hydrogen-bond donors (Lipinski definition) is 0. The molecule has 0 aliphatic rings. The molecule has 2 aromatic carbocycles. The number of rotatable bonds is 5. The minimum absolute atomic E-state index is 0.00539. The Kier molecular flexibility index (Phi) is 5.57. The number of aryl methyl sites for hydroxylation is 5. The van der Waals surface area contributed by atoms with Crippen LogP contribution in [0.2, 0.25) is 0 Å². The molecular weight excluding hydrogens is 438 g/mol. The molecule has 0 atom stereocenters. The van der Waals surface area contributed by atoms with Crippen LogP contribution >= 0.6 is 0 Å². The van der Waals surface area contributed by atoms with E-state index in [1.165, 1.54) is 16.8 Å². The second-order valence-electron chi connectivity index (χ2n) is 8.17. The summed E-state index contributed by atoms with van der Waals surface area (Å²) in [6.07, 6.45) is 0. The first-order valence-electron chi connectivity index (χ1n) is 10.5. The van der Waals surface area contributed by atoms with Crippen molar-refractivity contribution in [2.45, 2.75) is 39.5 Å². The standard InChI is InChI=1S/C25H25N3O4S/c1-14-12-13-20(21-16(3)15(2)17(4)26-23(14)21)24(29)22-18(5)27-28(6)25(22)32-33(30,31)19-10-8-7-9-11-19/h7-13H,1-6H3. The molecule has 0 unspecified atom stereocenters. The zero-order valence-electron chi connectivity index (χ0n) is 19.4. The van der Waals surface area contributed by atoms with E-state index in [0.717, 1.165) is 33.3 Å². The van der Waals surface area contributed by atoms with E-state index in [2.05, 4.69) is 5.10 Å². The first kappa shape index (κ1) is 22.7. The van der Waals surface area contributed by atoms with Crippen molar-refractivity contribution < 1.29 is 17.4 Å². The number of fused-ring (bicyclic) bond motifs is 1. The topological polar surface area (TPSA) is 91.2 Å². The van der Waals surface area contributed by atoms with Gasteiger partial charge < -0.3 is 4.18 Å². The fourth-order valence-corrected chi connectivity index (χ4v) is 4.97. The van der Waals surface area contributed by atoms with Crippen LogP contribution in [0.3, 0.4) is 0 Å². The van der Waals surface area contributed by atoms with Gasteiger partial charge in [-0.25, -0.2) is 4.68 Å². The van der Waals surface area contributed by atoms with Gasteiger partial charge in [0.05, 0.1) is 11.2 Å².